The Hall–Kier alpha value is -1.61. The molecule has 1 atom stereocenters. The zero-order chi connectivity index (χ0) is 14.4. The summed E-state index contributed by atoms with van der Waals surface area (Å²) >= 11 is 0. The minimum atomic E-state index is 0.236. The van der Waals surface area contributed by atoms with Crippen LogP contribution in [0.3, 0.4) is 0 Å². The fourth-order valence-corrected chi connectivity index (χ4v) is 3.03. The van der Waals surface area contributed by atoms with Gasteiger partial charge in [0.05, 0.1) is 6.21 Å². The normalized spacial score (nSPS) is 19.2. The Kier molecular flexibility index (Phi) is 5.36. The number of benzene rings is 1. The number of unbranched alkanes of at least 4 members (excludes halogenated alkanes) is 1. The van der Waals surface area contributed by atoms with Crippen molar-refractivity contribution in [2.24, 2.45) is 16.8 Å². The van der Waals surface area contributed by atoms with Crippen molar-refractivity contribution in [2.45, 2.75) is 45.6 Å². The highest BCUT2D eigenvalue weighted by Gasteiger charge is 2.25. The lowest BCUT2D eigenvalue weighted by Gasteiger charge is -2.13. The van der Waals surface area contributed by atoms with Gasteiger partial charge in [-0.25, -0.2) is 0 Å². The summed E-state index contributed by atoms with van der Waals surface area (Å²) in [5, 5.41) is 12.1. The molecule has 0 saturated heterocycles. The van der Waals surface area contributed by atoms with Gasteiger partial charge in [-0.1, -0.05) is 43.2 Å². The Labute approximate surface area is 121 Å². The smallest absolute Gasteiger partial charge is 0.0511 e. The number of rotatable bonds is 6. The lowest BCUT2D eigenvalue weighted by Crippen LogP contribution is -2.03. The van der Waals surface area contributed by atoms with Crippen LogP contribution < -0.4 is 5.73 Å². The number of allylic oxidation sites excluding steroid dienone is 2. The summed E-state index contributed by atoms with van der Waals surface area (Å²) in [6, 6.07) is 8.43. The van der Waals surface area contributed by atoms with Crippen LogP contribution in [0, 0.1) is 5.92 Å². The molecule has 0 heterocycles. The number of nitrogens with zero attached hydrogens (tertiary/aromatic N) is 1. The average molecular weight is 272 g/mol. The molecule has 0 radical (unpaired) electrons. The SMILES string of the molecule is CCCCC1=C(c2cccc(CN)c2)C(C=NO)CC1. The molecule has 0 saturated carbocycles. The summed E-state index contributed by atoms with van der Waals surface area (Å²) in [7, 11) is 0. The van der Waals surface area contributed by atoms with Gasteiger partial charge in [0.15, 0.2) is 0 Å². The van der Waals surface area contributed by atoms with Gasteiger partial charge in [0.2, 0.25) is 0 Å². The van der Waals surface area contributed by atoms with E-state index in [0.29, 0.717) is 6.54 Å². The first-order valence-electron chi connectivity index (χ1n) is 7.49. The van der Waals surface area contributed by atoms with E-state index in [1.54, 1.807) is 6.21 Å². The molecule has 3 N–H and O–H groups in total. The summed E-state index contributed by atoms with van der Waals surface area (Å²) < 4.78 is 0. The molecule has 0 bridgehead atoms. The molecule has 1 unspecified atom stereocenters. The Morgan fingerprint density at radius 2 is 2.30 bits per heavy atom. The molecule has 3 nitrogen and oxygen atoms in total. The third-order valence-corrected chi connectivity index (χ3v) is 4.06. The van der Waals surface area contributed by atoms with Gasteiger partial charge in [0.25, 0.3) is 0 Å². The van der Waals surface area contributed by atoms with Crippen LogP contribution >= 0.6 is 0 Å². The van der Waals surface area contributed by atoms with Gasteiger partial charge in [-0.15, -0.1) is 5.16 Å². The highest BCUT2D eigenvalue weighted by Crippen LogP contribution is 2.40. The molecule has 0 aliphatic heterocycles. The maximum atomic E-state index is 8.88. The largest absolute Gasteiger partial charge is 0.411 e. The van der Waals surface area contributed by atoms with Crippen molar-refractivity contribution >= 4 is 11.8 Å². The van der Waals surface area contributed by atoms with E-state index in [9.17, 15) is 0 Å². The predicted molar refractivity (Wildman–Crippen MR) is 83.8 cm³/mol. The molecule has 0 fully saturated rings. The average Bonchev–Trinajstić information content (AvgIpc) is 2.88. The lowest BCUT2D eigenvalue weighted by atomic mass is 9.92. The molecule has 1 aromatic rings. The topological polar surface area (TPSA) is 58.6 Å². The van der Waals surface area contributed by atoms with E-state index in [-0.39, 0.29) is 5.92 Å². The van der Waals surface area contributed by atoms with Gasteiger partial charge in [-0.2, -0.15) is 0 Å². The van der Waals surface area contributed by atoms with Crippen LogP contribution in [0.4, 0.5) is 0 Å². The van der Waals surface area contributed by atoms with Crippen LogP contribution in [-0.4, -0.2) is 11.4 Å². The second-order valence-corrected chi connectivity index (χ2v) is 5.43. The van der Waals surface area contributed by atoms with Gasteiger partial charge in [0.1, 0.15) is 0 Å². The van der Waals surface area contributed by atoms with Crippen LogP contribution in [0.15, 0.2) is 35.0 Å². The van der Waals surface area contributed by atoms with Gasteiger partial charge >= 0.3 is 0 Å². The molecular formula is C17H24N2O. The van der Waals surface area contributed by atoms with Gasteiger partial charge < -0.3 is 10.9 Å². The molecular weight excluding hydrogens is 248 g/mol. The molecule has 108 valence electrons. The number of hydrogen-bond acceptors (Lipinski definition) is 3. The van der Waals surface area contributed by atoms with Crippen LogP contribution in [-0.2, 0) is 6.54 Å². The van der Waals surface area contributed by atoms with Crippen molar-refractivity contribution in [1.82, 2.24) is 0 Å². The van der Waals surface area contributed by atoms with Crippen molar-refractivity contribution in [3.05, 3.63) is 41.0 Å². The lowest BCUT2D eigenvalue weighted by molar-refractivity contribution is 0.319. The van der Waals surface area contributed by atoms with E-state index < -0.39 is 0 Å². The van der Waals surface area contributed by atoms with E-state index in [0.717, 1.165) is 24.8 Å². The minimum Gasteiger partial charge on any atom is -0.411 e. The van der Waals surface area contributed by atoms with Crippen molar-refractivity contribution in [3.63, 3.8) is 0 Å². The maximum absolute atomic E-state index is 8.88. The van der Waals surface area contributed by atoms with Crippen LogP contribution in [0.2, 0.25) is 0 Å². The molecule has 1 aromatic carbocycles. The third-order valence-electron chi connectivity index (χ3n) is 4.06. The Bertz CT molecular complexity index is 505. The Morgan fingerprint density at radius 1 is 1.45 bits per heavy atom. The van der Waals surface area contributed by atoms with Crippen LogP contribution in [0.1, 0.15) is 50.2 Å². The van der Waals surface area contributed by atoms with Gasteiger partial charge in [-0.3, -0.25) is 0 Å². The van der Waals surface area contributed by atoms with Gasteiger partial charge in [0, 0.05) is 12.5 Å². The second kappa shape index (κ2) is 7.25. The molecule has 1 aliphatic rings. The molecule has 0 amide bonds. The highest BCUT2D eigenvalue weighted by molar-refractivity contribution is 5.86. The van der Waals surface area contributed by atoms with E-state index in [2.05, 4.69) is 36.3 Å². The van der Waals surface area contributed by atoms with E-state index in [4.69, 9.17) is 10.9 Å². The van der Waals surface area contributed by atoms with E-state index >= 15 is 0 Å². The summed E-state index contributed by atoms with van der Waals surface area (Å²) in [5.74, 6) is 0.236. The summed E-state index contributed by atoms with van der Waals surface area (Å²) in [6.07, 6.45) is 7.40. The van der Waals surface area contributed by atoms with Crippen molar-refractivity contribution < 1.29 is 5.21 Å². The first-order chi connectivity index (χ1) is 9.80. The Morgan fingerprint density at radius 3 is 3.00 bits per heavy atom. The monoisotopic (exact) mass is 272 g/mol. The third kappa shape index (κ3) is 3.28. The fraction of sp³-hybridized carbons (Fsp3) is 0.471. The number of hydrogen-bond donors (Lipinski definition) is 2. The summed E-state index contributed by atoms with van der Waals surface area (Å²) in [6.45, 7) is 2.78. The van der Waals surface area contributed by atoms with Crippen molar-refractivity contribution in [1.29, 1.82) is 0 Å². The molecule has 2 rings (SSSR count). The predicted octanol–water partition coefficient (Wildman–Crippen LogP) is 3.96. The maximum Gasteiger partial charge on any atom is 0.0511 e. The summed E-state index contributed by atoms with van der Waals surface area (Å²) in [5.41, 5.74) is 11.0. The van der Waals surface area contributed by atoms with Gasteiger partial charge in [-0.05, 0) is 42.4 Å². The van der Waals surface area contributed by atoms with E-state index in [1.807, 2.05) is 0 Å². The van der Waals surface area contributed by atoms with Crippen molar-refractivity contribution in [2.75, 3.05) is 0 Å². The highest BCUT2D eigenvalue weighted by atomic mass is 16.4. The van der Waals surface area contributed by atoms with Crippen LogP contribution in [0.5, 0.6) is 0 Å². The van der Waals surface area contributed by atoms with Crippen LogP contribution in [0.25, 0.3) is 5.57 Å². The van der Waals surface area contributed by atoms with Crippen molar-refractivity contribution in [3.8, 4) is 0 Å². The molecule has 1 aliphatic carbocycles. The second-order valence-electron chi connectivity index (χ2n) is 5.43. The minimum absolute atomic E-state index is 0.236. The zero-order valence-corrected chi connectivity index (χ0v) is 12.2. The van der Waals surface area contributed by atoms with E-state index in [1.165, 1.54) is 29.6 Å². The first kappa shape index (κ1) is 14.8. The summed E-state index contributed by atoms with van der Waals surface area (Å²) in [4.78, 5) is 0. The zero-order valence-electron chi connectivity index (χ0n) is 12.2. The first-order valence-corrected chi connectivity index (χ1v) is 7.49. The molecule has 3 heteroatoms. The standard InChI is InChI=1S/C17H24N2O/c1-2-3-6-14-8-9-16(12-19-20)17(14)15-7-4-5-13(10-15)11-18/h4-5,7,10,12,16,20H,2-3,6,8-9,11,18H2,1H3. The molecule has 20 heavy (non-hydrogen) atoms. The molecule has 0 aromatic heterocycles. The number of oxime groups is 1. The number of nitrogens with two attached hydrogens (primary N) is 1. The quantitative estimate of drug-likeness (QED) is 0.468. The fourth-order valence-electron chi connectivity index (χ4n) is 3.03. The molecule has 0 spiro atoms. The Balaban J connectivity index is 2.37.